The SMILES string of the molecule is CCCCC1=CC=CC2CC3C(=CC=C4C3c3cccc[n+]3C(C)(CC)C4(C)CC)C=C12. The van der Waals surface area contributed by atoms with Crippen molar-refractivity contribution in [3.8, 4) is 0 Å². The average molecular weight is 427 g/mol. The highest BCUT2D eigenvalue weighted by atomic mass is 15.1. The summed E-state index contributed by atoms with van der Waals surface area (Å²) in [5.41, 5.74) is 8.16. The monoisotopic (exact) mass is 426 g/mol. The molecule has 5 unspecified atom stereocenters. The van der Waals surface area contributed by atoms with Gasteiger partial charge in [-0.05, 0) is 54.9 Å². The third-order valence-corrected chi connectivity index (χ3v) is 9.62. The second-order valence-electron chi connectivity index (χ2n) is 10.8. The zero-order chi connectivity index (χ0) is 22.5. The van der Waals surface area contributed by atoms with E-state index in [1.807, 2.05) is 0 Å². The summed E-state index contributed by atoms with van der Waals surface area (Å²) in [6, 6.07) is 6.89. The lowest BCUT2D eigenvalue weighted by molar-refractivity contribution is -0.788. The Morgan fingerprint density at radius 1 is 1.03 bits per heavy atom. The number of hydrogen-bond acceptors (Lipinski definition) is 0. The molecule has 1 aromatic rings. The molecule has 2 heterocycles. The summed E-state index contributed by atoms with van der Waals surface area (Å²) in [4.78, 5) is 0. The van der Waals surface area contributed by atoms with Crippen molar-refractivity contribution < 1.29 is 4.57 Å². The number of allylic oxidation sites excluding steroid dienone is 10. The number of fused-ring (bicyclic) bond motifs is 6. The van der Waals surface area contributed by atoms with Crippen molar-refractivity contribution in [3.63, 3.8) is 0 Å². The Labute approximate surface area is 195 Å². The topological polar surface area (TPSA) is 3.88 Å². The second-order valence-corrected chi connectivity index (χ2v) is 10.8. The molecule has 0 saturated carbocycles. The van der Waals surface area contributed by atoms with Crippen molar-refractivity contribution in [2.24, 2.45) is 17.3 Å². The first kappa shape index (κ1) is 21.7. The minimum absolute atomic E-state index is 0.0997. The van der Waals surface area contributed by atoms with Gasteiger partial charge in [-0.1, -0.05) is 69.7 Å². The minimum Gasteiger partial charge on any atom is -0.196 e. The predicted octanol–water partition coefficient (Wildman–Crippen LogP) is 7.73. The van der Waals surface area contributed by atoms with Crippen LogP contribution in [0.15, 0.2) is 83.1 Å². The number of aromatic nitrogens is 1. The van der Waals surface area contributed by atoms with Crippen LogP contribution in [0.2, 0.25) is 0 Å². The van der Waals surface area contributed by atoms with Crippen molar-refractivity contribution in [2.45, 2.75) is 84.6 Å². The molecule has 168 valence electrons. The van der Waals surface area contributed by atoms with Gasteiger partial charge in [0.05, 0.1) is 11.3 Å². The molecule has 0 N–H and O–H groups in total. The third-order valence-electron chi connectivity index (χ3n) is 9.62. The van der Waals surface area contributed by atoms with Gasteiger partial charge in [0.25, 0.3) is 0 Å². The van der Waals surface area contributed by atoms with Crippen LogP contribution in [0, 0.1) is 17.3 Å². The van der Waals surface area contributed by atoms with Gasteiger partial charge in [0, 0.05) is 37.3 Å². The maximum absolute atomic E-state index is 2.66. The number of rotatable bonds is 5. The van der Waals surface area contributed by atoms with E-state index in [2.05, 4.69) is 100 Å². The van der Waals surface area contributed by atoms with Gasteiger partial charge >= 0.3 is 0 Å². The van der Waals surface area contributed by atoms with Crippen molar-refractivity contribution in [3.05, 3.63) is 88.8 Å². The minimum atomic E-state index is 0.0997. The van der Waals surface area contributed by atoms with Crippen LogP contribution >= 0.6 is 0 Å². The molecule has 5 rings (SSSR count). The summed E-state index contributed by atoms with van der Waals surface area (Å²) >= 11 is 0. The summed E-state index contributed by atoms with van der Waals surface area (Å²) in [6.07, 6.45) is 24.4. The average Bonchev–Trinajstić information content (AvgIpc) is 2.84. The number of unbranched alkanes of at least 4 members (excludes halogenated alkanes) is 1. The Bertz CT molecular complexity index is 1060. The van der Waals surface area contributed by atoms with E-state index >= 15 is 0 Å². The Morgan fingerprint density at radius 2 is 1.88 bits per heavy atom. The second kappa shape index (κ2) is 8.01. The zero-order valence-corrected chi connectivity index (χ0v) is 20.7. The fourth-order valence-electron chi connectivity index (χ4n) is 7.22. The van der Waals surface area contributed by atoms with Gasteiger partial charge in [-0.3, -0.25) is 0 Å². The summed E-state index contributed by atoms with van der Waals surface area (Å²) in [7, 11) is 0. The van der Waals surface area contributed by atoms with Gasteiger partial charge in [0.1, 0.15) is 0 Å². The standard InChI is InChI=1S/C31H40N/c1-6-9-13-22-14-12-15-23-21-26-24(20-25(22)23)17-18-27-29(26)28-16-10-11-19-32(28)31(5,8-3)30(27,4)7-2/h10-12,14-20,23,26,29H,6-9,13,21H2,1-5H3/q+1. The molecule has 1 heteroatoms. The summed E-state index contributed by atoms with van der Waals surface area (Å²) in [5, 5.41) is 0. The highest BCUT2D eigenvalue weighted by Gasteiger charge is 2.61. The zero-order valence-electron chi connectivity index (χ0n) is 20.7. The van der Waals surface area contributed by atoms with Gasteiger partial charge in [0.15, 0.2) is 17.4 Å². The van der Waals surface area contributed by atoms with Crippen LogP contribution in [-0.4, -0.2) is 0 Å². The maximum atomic E-state index is 2.66. The van der Waals surface area contributed by atoms with E-state index in [0.29, 0.717) is 17.8 Å². The molecule has 5 atom stereocenters. The molecule has 32 heavy (non-hydrogen) atoms. The van der Waals surface area contributed by atoms with E-state index in [1.165, 1.54) is 37.8 Å². The molecular weight excluding hydrogens is 386 g/mol. The molecular formula is C31H40N+. The largest absolute Gasteiger partial charge is 0.196 e. The van der Waals surface area contributed by atoms with Gasteiger partial charge in [-0.15, -0.1) is 0 Å². The molecule has 0 bridgehead atoms. The lowest BCUT2D eigenvalue weighted by Gasteiger charge is -2.52. The van der Waals surface area contributed by atoms with Gasteiger partial charge in [-0.25, -0.2) is 0 Å². The Balaban J connectivity index is 1.65. The van der Waals surface area contributed by atoms with Crippen LogP contribution in [0.25, 0.3) is 0 Å². The normalized spacial score (nSPS) is 34.8. The summed E-state index contributed by atoms with van der Waals surface area (Å²) in [6.45, 7) is 12.1. The van der Waals surface area contributed by atoms with Crippen LogP contribution in [0.1, 0.15) is 84.8 Å². The fourth-order valence-corrected chi connectivity index (χ4v) is 7.22. The molecule has 0 fully saturated rings. The first-order chi connectivity index (χ1) is 15.5. The van der Waals surface area contributed by atoms with Crippen molar-refractivity contribution >= 4 is 0 Å². The molecule has 1 aromatic heterocycles. The summed E-state index contributed by atoms with van der Waals surface area (Å²) in [5.74, 6) is 1.62. The number of nitrogens with zero attached hydrogens (tertiary/aromatic N) is 1. The molecule has 0 amide bonds. The fraction of sp³-hybridized carbons (Fsp3) is 0.516. The first-order valence-electron chi connectivity index (χ1n) is 13.0. The van der Waals surface area contributed by atoms with E-state index < -0.39 is 0 Å². The van der Waals surface area contributed by atoms with Crippen LogP contribution in [0.4, 0.5) is 0 Å². The van der Waals surface area contributed by atoms with E-state index in [-0.39, 0.29) is 11.0 Å². The predicted molar refractivity (Wildman–Crippen MR) is 134 cm³/mol. The Kier molecular flexibility index (Phi) is 5.43. The van der Waals surface area contributed by atoms with E-state index in [0.717, 1.165) is 6.42 Å². The van der Waals surface area contributed by atoms with Crippen molar-refractivity contribution in [1.29, 1.82) is 0 Å². The first-order valence-corrected chi connectivity index (χ1v) is 13.0. The molecule has 0 saturated heterocycles. The maximum Gasteiger partial charge on any atom is 0.189 e. The van der Waals surface area contributed by atoms with Crippen LogP contribution in [0.5, 0.6) is 0 Å². The smallest absolute Gasteiger partial charge is 0.189 e. The van der Waals surface area contributed by atoms with Crippen LogP contribution in [0.3, 0.4) is 0 Å². The van der Waals surface area contributed by atoms with Gasteiger partial charge < -0.3 is 0 Å². The van der Waals surface area contributed by atoms with E-state index in [1.54, 1.807) is 22.3 Å². The molecule has 0 radical (unpaired) electrons. The van der Waals surface area contributed by atoms with Crippen molar-refractivity contribution in [2.75, 3.05) is 0 Å². The lowest BCUT2D eigenvalue weighted by Crippen LogP contribution is -2.69. The van der Waals surface area contributed by atoms with Gasteiger partial charge in [-0.2, -0.15) is 4.57 Å². The Morgan fingerprint density at radius 3 is 2.62 bits per heavy atom. The highest BCUT2D eigenvalue weighted by molar-refractivity contribution is 5.53. The quantitative estimate of drug-likeness (QED) is 0.424. The third kappa shape index (κ3) is 2.93. The number of hydrogen-bond donors (Lipinski definition) is 0. The van der Waals surface area contributed by atoms with E-state index in [4.69, 9.17) is 0 Å². The van der Waals surface area contributed by atoms with Crippen LogP contribution < -0.4 is 4.57 Å². The highest BCUT2D eigenvalue weighted by Crippen LogP contribution is 2.59. The summed E-state index contributed by atoms with van der Waals surface area (Å²) < 4.78 is 2.66. The van der Waals surface area contributed by atoms with Crippen LogP contribution in [-0.2, 0) is 5.54 Å². The molecule has 1 aliphatic heterocycles. The van der Waals surface area contributed by atoms with Gasteiger partial charge in [0.2, 0.25) is 0 Å². The van der Waals surface area contributed by atoms with E-state index in [9.17, 15) is 0 Å². The molecule has 3 aliphatic carbocycles. The molecule has 0 aromatic carbocycles. The lowest BCUT2D eigenvalue weighted by atomic mass is 9.53. The number of pyridine rings is 1. The molecule has 4 aliphatic rings. The molecule has 0 spiro atoms. The Hall–Kier alpha value is -2.15. The molecule has 1 nitrogen and oxygen atoms in total. The van der Waals surface area contributed by atoms with Crippen molar-refractivity contribution in [1.82, 2.24) is 0 Å².